The zero-order valence-corrected chi connectivity index (χ0v) is 25.1. The van der Waals surface area contributed by atoms with Crippen molar-refractivity contribution < 1.29 is 9.90 Å². The normalized spacial score (nSPS) is 15.6. The number of hydrogen-bond acceptors (Lipinski definition) is 4. The molecule has 1 heterocycles. The van der Waals surface area contributed by atoms with E-state index >= 15 is 0 Å². The minimum Gasteiger partial charge on any atom is -0.386 e. The van der Waals surface area contributed by atoms with E-state index in [1.165, 1.54) is 76.3 Å². The van der Waals surface area contributed by atoms with Crippen LogP contribution in [-0.4, -0.2) is 54.7 Å². The van der Waals surface area contributed by atoms with E-state index in [2.05, 4.69) is 52.4 Å². The van der Waals surface area contributed by atoms with Gasteiger partial charge < -0.3 is 15.3 Å². The van der Waals surface area contributed by atoms with Gasteiger partial charge in [-0.2, -0.15) is 0 Å². The highest BCUT2D eigenvalue weighted by Gasteiger charge is 2.27. The lowest BCUT2D eigenvalue weighted by molar-refractivity contribution is -0.123. The summed E-state index contributed by atoms with van der Waals surface area (Å²) in [5.41, 5.74) is 2.12. The van der Waals surface area contributed by atoms with Crippen LogP contribution in [0, 0.1) is 0 Å². The molecule has 40 heavy (non-hydrogen) atoms. The van der Waals surface area contributed by atoms with Gasteiger partial charge in [0, 0.05) is 44.8 Å². The second-order valence-electron chi connectivity index (χ2n) is 11.6. The van der Waals surface area contributed by atoms with Gasteiger partial charge in [0.05, 0.1) is 6.04 Å². The van der Waals surface area contributed by atoms with Crippen molar-refractivity contribution in [3.05, 3.63) is 66.2 Å². The topological polar surface area (TPSA) is 55.8 Å². The molecule has 222 valence electrons. The van der Waals surface area contributed by atoms with Crippen LogP contribution in [0.15, 0.2) is 60.7 Å². The summed E-state index contributed by atoms with van der Waals surface area (Å²) in [6.45, 7) is 6.66. The van der Waals surface area contributed by atoms with E-state index in [4.69, 9.17) is 0 Å². The fraction of sp³-hybridized carbons (Fsp3) is 0.629. The van der Waals surface area contributed by atoms with Crippen molar-refractivity contribution in [1.29, 1.82) is 0 Å². The molecule has 0 bridgehead atoms. The highest BCUT2D eigenvalue weighted by molar-refractivity contribution is 5.76. The Labute approximate surface area is 244 Å². The number of rotatable bonds is 20. The van der Waals surface area contributed by atoms with Gasteiger partial charge in [-0.1, -0.05) is 133 Å². The van der Waals surface area contributed by atoms with Crippen LogP contribution in [0.2, 0.25) is 0 Å². The smallest absolute Gasteiger partial charge is 0.220 e. The summed E-state index contributed by atoms with van der Waals surface area (Å²) in [4.78, 5) is 17.7. The number of anilines is 1. The Morgan fingerprint density at radius 3 is 1.77 bits per heavy atom. The van der Waals surface area contributed by atoms with Gasteiger partial charge in [0.1, 0.15) is 6.10 Å². The van der Waals surface area contributed by atoms with Gasteiger partial charge in [0.25, 0.3) is 0 Å². The quantitative estimate of drug-likeness (QED) is 0.168. The number of benzene rings is 2. The predicted molar refractivity (Wildman–Crippen MR) is 169 cm³/mol. The number of carbonyl (C=O) groups is 1. The number of amides is 1. The fourth-order valence-electron chi connectivity index (χ4n) is 5.79. The number of carbonyl (C=O) groups excluding carboxylic acids is 1. The van der Waals surface area contributed by atoms with Crippen molar-refractivity contribution in [2.45, 2.75) is 109 Å². The van der Waals surface area contributed by atoms with Crippen LogP contribution >= 0.6 is 0 Å². The van der Waals surface area contributed by atoms with Crippen LogP contribution in [0.3, 0.4) is 0 Å². The minimum atomic E-state index is -0.719. The lowest BCUT2D eigenvalue weighted by Gasteiger charge is -2.38. The molecule has 5 nitrogen and oxygen atoms in total. The summed E-state index contributed by atoms with van der Waals surface area (Å²) in [7, 11) is 0. The molecule has 0 radical (unpaired) electrons. The van der Waals surface area contributed by atoms with Crippen molar-refractivity contribution in [2.24, 2.45) is 0 Å². The summed E-state index contributed by atoms with van der Waals surface area (Å²) in [5.74, 6) is 0.0611. The minimum absolute atomic E-state index is 0.0611. The number of hydrogen-bond donors (Lipinski definition) is 2. The van der Waals surface area contributed by atoms with Gasteiger partial charge >= 0.3 is 0 Å². The number of nitrogens with zero attached hydrogens (tertiary/aromatic N) is 2. The van der Waals surface area contributed by atoms with Crippen LogP contribution in [-0.2, 0) is 4.79 Å². The third-order valence-corrected chi connectivity index (χ3v) is 8.32. The lowest BCUT2D eigenvalue weighted by Crippen LogP contribution is -2.53. The molecule has 1 aliphatic heterocycles. The first-order valence-electron chi connectivity index (χ1n) is 16.2. The van der Waals surface area contributed by atoms with Crippen molar-refractivity contribution in [2.75, 3.05) is 37.6 Å². The second kappa shape index (κ2) is 19.7. The van der Waals surface area contributed by atoms with Crippen LogP contribution in [0.1, 0.15) is 108 Å². The summed E-state index contributed by atoms with van der Waals surface area (Å²) >= 11 is 0. The van der Waals surface area contributed by atoms with Gasteiger partial charge in [-0.15, -0.1) is 0 Å². The van der Waals surface area contributed by atoms with E-state index in [0.29, 0.717) is 13.0 Å². The monoisotopic (exact) mass is 549 g/mol. The predicted octanol–water partition coefficient (Wildman–Crippen LogP) is 7.51. The molecule has 5 heteroatoms. The molecule has 0 saturated carbocycles. The number of aliphatic hydroxyl groups is 1. The SMILES string of the molecule is CCCCCCCCCCCCCCCC(=O)N[C@H](CN1CCN(c2ccccc2)CC1)[C@H](O)c1ccccc1. The van der Waals surface area contributed by atoms with E-state index in [1.807, 2.05) is 30.3 Å². The molecule has 1 saturated heterocycles. The van der Waals surface area contributed by atoms with E-state index < -0.39 is 6.10 Å². The first-order valence-corrected chi connectivity index (χ1v) is 16.2. The Morgan fingerprint density at radius 1 is 0.725 bits per heavy atom. The first kappa shape index (κ1) is 32.1. The average Bonchev–Trinajstić information content (AvgIpc) is 3.00. The van der Waals surface area contributed by atoms with Crippen LogP contribution in [0.5, 0.6) is 0 Å². The maximum absolute atomic E-state index is 12.9. The summed E-state index contributed by atoms with van der Waals surface area (Å²) in [5, 5.41) is 14.4. The number of unbranched alkanes of at least 4 members (excludes halogenated alkanes) is 12. The number of para-hydroxylation sites is 1. The molecular weight excluding hydrogens is 494 g/mol. The van der Waals surface area contributed by atoms with Crippen molar-refractivity contribution in [3.8, 4) is 0 Å². The van der Waals surface area contributed by atoms with Gasteiger partial charge in [0.15, 0.2) is 0 Å². The Bertz CT molecular complexity index is 899. The number of aliphatic hydroxyl groups excluding tert-OH is 1. The molecule has 0 unspecified atom stereocenters. The number of nitrogens with one attached hydrogen (secondary N) is 1. The average molecular weight is 550 g/mol. The largest absolute Gasteiger partial charge is 0.386 e. The molecule has 2 aromatic rings. The van der Waals surface area contributed by atoms with Gasteiger partial charge in [-0.05, 0) is 24.1 Å². The van der Waals surface area contributed by atoms with Gasteiger partial charge in [-0.25, -0.2) is 0 Å². The first-order chi connectivity index (χ1) is 19.7. The van der Waals surface area contributed by atoms with Gasteiger partial charge in [-0.3, -0.25) is 9.69 Å². The molecule has 1 amide bonds. The van der Waals surface area contributed by atoms with Crippen LogP contribution < -0.4 is 10.2 Å². The lowest BCUT2D eigenvalue weighted by atomic mass is 10.0. The van der Waals surface area contributed by atoms with Crippen molar-refractivity contribution >= 4 is 11.6 Å². The molecule has 0 aliphatic carbocycles. The molecular formula is C35H55N3O2. The Kier molecular flexibility index (Phi) is 15.8. The second-order valence-corrected chi connectivity index (χ2v) is 11.6. The molecule has 1 fully saturated rings. The van der Waals surface area contributed by atoms with E-state index in [-0.39, 0.29) is 11.9 Å². The third kappa shape index (κ3) is 12.4. The van der Waals surface area contributed by atoms with E-state index in [1.54, 1.807) is 0 Å². The van der Waals surface area contributed by atoms with Crippen molar-refractivity contribution in [3.63, 3.8) is 0 Å². The van der Waals surface area contributed by atoms with Crippen LogP contribution in [0.4, 0.5) is 5.69 Å². The maximum atomic E-state index is 12.9. The zero-order valence-electron chi connectivity index (χ0n) is 25.1. The van der Waals surface area contributed by atoms with E-state index in [9.17, 15) is 9.90 Å². The standard InChI is InChI=1S/C35H55N3O2/c1-2-3-4-5-6-7-8-9-10-11-12-13-20-25-34(39)36-33(35(40)31-21-16-14-17-22-31)30-37-26-28-38(29-27-37)32-23-18-15-19-24-32/h14-19,21-24,33,35,40H,2-13,20,25-30H2,1H3,(H,36,39)/t33-,35-/m1/s1. The Morgan fingerprint density at radius 2 is 1.23 bits per heavy atom. The highest BCUT2D eigenvalue weighted by atomic mass is 16.3. The zero-order chi connectivity index (χ0) is 28.3. The Balaban J connectivity index is 1.35. The summed E-state index contributed by atoms with van der Waals surface area (Å²) < 4.78 is 0. The van der Waals surface area contributed by atoms with Gasteiger partial charge in [0.2, 0.25) is 5.91 Å². The molecule has 3 rings (SSSR count). The molecule has 2 atom stereocenters. The molecule has 0 spiro atoms. The van der Waals surface area contributed by atoms with Crippen molar-refractivity contribution in [1.82, 2.24) is 10.2 Å². The third-order valence-electron chi connectivity index (χ3n) is 8.32. The molecule has 0 aromatic heterocycles. The molecule has 1 aliphatic rings. The summed E-state index contributed by atoms with van der Waals surface area (Å²) in [6, 6.07) is 20.0. The fourth-order valence-corrected chi connectivity index (χ4v) is 5.79. The van der Waals surface area contributed by atoms with E-state index in [0.717, 1.165) is 44.6 Å². The highest BCUT2D eigenvalue weighted by Crippen LogP contribution is 2.20. The maximum Gasteiger partial charge on any atom is 0.220 e. The molecule has 2 N–H and O–H groups in total. The van der Waals surface area contributed by atoms with Crippen LogP contribution in [0.25, 0.3) is 0 Å². The summed E-state index contributed by atoms with van der Waals surface area (Å²) in [6.07, 6.45) is 16.7. The molecule has 2 aromatic carbocycles. The number of piperazine rings is 1. The Hall–Kier alpha value is -2.37.